The summed E-state index contributed by atoms with van der Waals surface area (Å²) in [5.41, 5.74) is 1.05. The van der Waals surface area contributed by atoms with E-state index in [9.17, 15) is 24.2 Å². The number of carboxylic acids is 1. The second kappa shape index (κ2) is 9.80. The zero-order valence-corrected chi connectivity index (χ0v) is 18.3. The minimum atomic E-state index is -1.51. The van der Waals surface area contributed by atoms with Crippen LogP contribution in [0.3, 0.4) is 0 Å². The van der Waals surface area contributed by atoms with Gasteiger partial charge in [0, 0.05) is 6.54 Å². The van der Waals surface area contributed by atoms with Gasteiger partial charge in [0.15, 0.2) is 11.6 Å². The number of hydrogen-bond donors (Lipinski definition) is 2. The molecule has 8 nitrogen and oxygen atoms in total. The molecule has 3 aromatic carbocycles. The molecule has 9 heteroatoms. The van der Waals surface area contributed by atoms with Crippen molar-refractivity contribution in [2.24, 2.45) is 5.92 Å². The average molecular weight is 463 g/mol. The van der Waals surface area contributed by atoms with E-state index >= 15 is 0 Å². The maximum atomic E-state index is 14.7. The van der Waals surface area contributed by atoms with Gasteiger partial charge in [0.05, 0.1) is 17.4 Å². The number of carbonyl (C=O) groups is 1. The lowest BCUT2D eigenvalue weighted by Gasteiger charge is -2.20. The van der Waals surface area contributed by atoms with Gasteiger partial charge < -0.3 is 14.9 Å². The molecular weight excluding hydrogens is 441 g/mol. The number of rotatable bonds is 8. The summed E-state index contributed by atoms with van der Waals surface area (Å²) in [5, 5.41) is 28.5. The summed E-state index contributed by atoms with van der Waals surface area (Å²) in [7, 11) is 0. The molecule has 4 aromatic rings. The van der Waals surface area contributed by atoms with Crippen molar-refractivity contribution in [3.8, 4) is 11.5 Å². The second-order valence-corrected chi connectivity index (χ2v) is 7.92. The van der Waals surface area contributed by atoms with Crippen molar-refractivity contribution in [2.45, 2.75) is 26.0 Å². The van der Waals surface area contributed by atoms with Gasteiger partial charge in [-0.1, -0.05) is 35.5 Å². The van der Waals surface area contributed by atoms with Crippen molar-refractivity contribution >= 4 is 16.9 Å². The van der Waals surface area contributed by atoms with Gasteiger partial charge in [0.2, 0.25) is 0 Å². The van der Waals surface area contributed by atoms with Crippen LogP contribution in [-0.4, -0.2) is 31.2 Å². The molecule has 0 aliphatic heterocycles. The maximum absolute atomic E-state index is 14.7. The zero-order valence-electron chi connectivity index (χ0n) is 18.3. The van der Waals surface area contributed by atoms with E-state index in [1.165, 1.54) is 12.1 Å². The number of aromatic nitrogens is 3. The maximum Gasteiger partial charge on any atom is 0.309 e. The summed E-state index contributed by atoms with van der Waals surface area (Å²) in [6.07, 6.45) is -1.63. The highest BCUT2D eigenvalue weighted by Gasteiger charge is 2.29. The van der Waals surface area contributed by atoms with E-state index in [1.807, 2.05) is 13.0 Å². The summed E-state index contributed by atoms with van der Waals surface area (Å²) >= 11 is 0. The van der Waals surface area contributed by atoms with Crippen molar-refractivity contribution in [2.75, 3.05) is 0 Å². The Labute approximate surface area is 193 Å². The average Bonchev–Trinajstić information content (AvgIpc) is 2.81. The minimum Gasteiger partial charge on any atom is -0.481 e. The van der Waals surface area contributed by atoms with Gasteiger partial charge in [-0.05, 0) is 60.9 Å². The molecule has 0 unspecified atom stereocenters. The SMILES string of the molecule is Cc1cccc(Oc2ccc([C@@H](O)[C@H](CCn3nnc4ccccc4c3=O)C(=O)O)cc2F)c1. The molecular formula is C25H22FN3O5. The van der Waals surface area contributed by atoms with Crippen molar-refractivity contribution in [3.05, 3.63) is 94.0 Å². The van der Waals surface area contributed by atoms with E-state index in [0.29, 0.717) is 16.7 Å². The number of aliphatic carboxylic acids is 1. The topological polar surface area (TPSA) is 115 Å². The Morgan fingerprint density at radius 1 is 1.12 bits per heavy atom. The van der Waals surface area contributed by atoms with Gasteiger partial charge in [-0.3, -0.25) is 9.59 Å². The van der Waals surface area contributed by atoms with Crippen molar-refractivity contribution in [1.82, 2.24) is 15.0 Å². The number of nitrogens with zero attached hydrogens (tertiary/aromatic N) is 3. The Bertz CT molecular complexity index is 1400. The first kappa shape index (κ1) is 23.1. The van der Waals surface area contributed by atoms with Crippen LogP contribution in [0.25, 0.3) is 10.9 Å². The van der Waals surface area contributed by atoms with Crippen molar-refractivity contribution in [3.63, 3.8) is 0 Å². The van der Waals surface area contributed by atoms with Crippen molar-refractivity contribution in [1.29, 1.82) is 0 Å². The molecule has 0 fully saturated rings. The highest BCUT2D eigenvalue weighted by molar-refractivity contribution is 5.76. The van der Waals surface area contributed by atoms with Gasteiger partial charge in [0.1, 0.15) is 11.3 Å². The molecule has 0 radical (unpaired) electrons. The van der Waals surface area contributed by atoms with Crippen LogP contribution in [0.2, 0.25) is 0 Å². The smallest absolute Gasteiger partial charge is 0.309 e. The lowest BCUT2D eigenvalue weighted by atomic mass is 9.92. The monoisotopic (exact) mass is 463 g/mol. The summed E-state index contributed by atoms with van der Waals surface area (Å²) in [4.78, 5) is 24.4. The fourth-order valence-corrected chi connectivity index (χ4v) is 3.67. The molecule has 0 aliphatic carbocycles. The van der Waals surface area contributed by atoms with E-state index < -0.39 is 29.4 Å². The number of halogens is 1. The fourth-order valence-electron chi connectivity index (χ4n) is 3.67. The predicted molar refractivity (Wildman–Crippen MR) is 122 cm³/mol. The minimum absolute atomic E-state index is 0.0496. The number of fused-ring (bicyclic) bond motifs is 1. The Balaban J connectivity index is 1.51. The van der Waals surface area contributed by atoms with E-state index in [0.717, 1.165) is 16.3 Å². The number of aliphatic hydroxyl groups excluding tert-OH is 1. The Hall–Kier alpha value is -4.11. The predicted octanol–water partition coefficient (Wildman–Crippen LogP) is 3.86. The molecule has 34 heavy (non-hydrogen) atoms. The molecule has 4 rings (SSSR count). The van der Waals surface area contributed by atoms with Crippen LogP contribution >= 0.6 is 0 Å². The molecule has 0 aliphatic rings. The number of ether oxygens (including phenoxy) is 1. The fraction of sp³-hybridized carbons (Fsp3) is 0.200. The van der Waals surface area contributed by atoms with Gasteiger partial charge in [-0.15, -0.1) is 5.10 Å². The van der Waals surface area contributed by atoms with E-state index in [1.54, 1.807) is 42.5 Å². The molecule has 0 spiro atoms. The van der Waals surface area contributed by atoms with E-state index in [2.05, 4.69) is 10.3 Å². The molecule has 0 saturated heterocycles. The van der Waals surface area contributed by atoms with Gasteiger partial charge in [-0.25, -0.2) is 9.07 Å². The van der Waals surface area contributed by atoms with E-state index in [-0.39, 0.29) is 24.3 Å². The van der Waals surface area contributed by atoms with Crippen LogP contribution in [0.15, 0.2) is 71.5 Å². The number of hydrogen-bond acceptors (Lipinski definition) is 6. The Morgan fingerprint density at radius 2 is 1.91 bits per heavy atom. The van der Waals surface area contributed by atoms with Crippen LogP contribution in [0.4, 0.5) is 4.39 Å². The molecule has 2 atom stereocenters. The summed E-state index contributed by atoms with van der Waals surface area (Å²) in [6, 6.07) is 17.6. The van der Waals surface area contributed by atoms with Gasteiger partial charge in [0.25, 0.3) is 5.56 Å². The molecule has 1 heterocycles. The first-order valence-electron chi connectivity index (χ1n) is 10.6. The number of carboxylic acid groups (broad SMARTS) is 1. The Kier molecular flexibility index (Phi) is 6.65. The van der Waals surface area contributed by atoms with Crippen LogP contribution in [0, 0.1) is 18.7 Å². The first-order chi connectivity index (χ1) is 16.3. The van der Waals surface area contributed by atoms with Crippen LogP contribution in [0.1, 0.15) is 23.7 Å². The molecule has 1 aromatic heterocycles. The molecule has 0 saturated carbocycles. The van der Waals surface area contributed by atoms with Crippen LogP contribution in [-0.2, 0) is 11.3 Å². The zero-order chi connectivity index (χ0) is 24.2. The molecule has 2 N–H and O–H groups in total. The molecule has 0 bridgehead atoms. The number of aliphatic hydroxyl groups is 1. The largest absolute Gasteiger partial charge is 0.481 e. The number of benzene rings is 3. The summed E-state index contributed by atoms with van der Waals surface area (Å²) in [6.45, 7) is 1.80. The summed E-state index contributed by atoms with van der Waals surface area (Å²) in [5.74, 6) is -2.92. The lowest BCUT2D eigenvalue weighted by molar-refractivity contribution is -0.146. The molecule has 0 amide bonds. The number of aryl methyl sites for hydroxylation is 2. The lowest BCUT2D eigenvalue weighted by Crippen LogP contribution is -2.29. The normalized spacial score (nSPS) is 12.9. The highest BCUT2D eigenvalue weighted by Crippen LogP contribution is 2.31. The second-order valence-electron chi connectivity index (χ2n) is 7.92. The highest BCUT2D eigenvalue weighted by atomic mass is 19.1. The van der Waals surface area contributed by atoms with Crippen LogP contribution < -0.4 is 10.3 Å². The first-order valence-corrected chi connectivity index (χ1v) is 10.6. The molecule has 174 valence electrons. The standard InChI is InChI=1S/C25H22FN3O5/c1-15-5-4-6-17(13-15)34-22-10-9-16(14-20(22)26)23(30)19(25(32)33)11-12-29-24(31)18-7-2-3-8-21(18)27-28-29/h2-10,13-14,19,23,30H,11-12H2,1H3,(H,32,33)/t19-,23+/m0/s1. The van der Waals surface area contributed by atoms with Gasteiger partial charge >= 0.3 is 5.97 Å². The third-order valence-electron chi connectivity index (χ3n) is 5.49. The quantitative estimate of drug-likeness (QED) is 0.408. The van der Waals surface area contributed by atoms with E-state index in [4.69, 9.17) is 4.74 Å². The van der Waals surface area contributed by atoms with Gasteiger partial charge in [-0.2, -0.15) is 0 Å². The third-order valence-corrected chi connectivity index (χ3v) is 5.49. The van der Waals surface area contributed by atoms with Crippen LogP contribution in [0.5, 0.6) is 11.5 Å². The summed E-state index contributed by atoms with van der Waals surface area (Å²) < 4.78 is 21.3. The van der Waals surface area contributed by atoms with Crippen molar-refractivity contribution < 1.29 is 24.1 Å². The third kappa shape index (κ3) is 4.94. The Morgan fingerprint density at radius 3 is 2.65 bits per heavy atom.